The van der Waals surface area contributed by atoms with Crippen LogP contribution in [0.2, 0.25) is 5.02 Å². The summed E-state index contributed by atoms with van der Waals surface area (Å²) in [4.78, 5) is 46.5. The van der Waals surface area contributed by atoms with Crippen LogP contribution in [-0.4, -0.2) is 29.2 Å². The summed E-state index contributed by atoms with van der Waals surface area (Å²) in [6.45, 7) is -0.491. The smallest absolute Gasteiger partial charge is 0.309 e. The largest absolute Gasteiger partial charge is 0.455 e. The standard InChI is InChI=1S/C18H19ClN2O6/c19-14-5-4-13(8-15(14)21(25)26)20-16(22)9-27-18(24)12-6-10-2-1-3-11(7-12)17(10)23/h4-5,8,10-12H,1-3,6-7,9H2,(H,20,22)/t10-,11+,12?. The Labute approximate surface area is 160 Å². The minimum Gasteiger partial charge on any atom is -0.455 e. The van der Waals surface area contributed by atoms with E-state index < -0.39 is 23.4 Å². The number of carbonyl (C=O) groups excluding carboxylic acids is 3. The SMILES string of the molecule is O=C(COC(=O)C1C[C@H]2CCC[C@@H](C1)C2=O)Nc1ccc(Cl)c([N+](=O)[O-])c1. The molecule has 1 amide bonds. The van der Waals surface area contributed by atoms with Crippen LogP contribution < -0.4 is 5.32 Å². The Kier molecular flexibility index (Phi) is 5.74. The van der Waals surface area contributed by atoms with Crippen LogP contribution in [-0.2, 0) is 19.1 Å². The highest BCUT2D eigenvalue weighted by molar-refractivity contribution is 6.32. The second-order valence-corrected chi connectivity index (χ2v) is 7.38. The highest BCUT2D eigenvalue weighted by atomic mass is 35.5. The van der Waals surface area contributed by atoms with Gasteiger partial charge in [0.2, 0.25) is 0 Å². The average molecular weight is 395 g/mol. The topological polar surface area (TPSA) is 116 Å². The highest BCUT2D eigenvalue weighted by Gasteiger charge is 2.41. The monoisotopic (exact) mass is 394 g/mol. The lowest BCUT2D eigenvalue weighted by Crippen LogP contribution is -2.40. The second kappa shape index (κ2) is 8.04. The lowest BCUT2D eigenvalue weighted by molar-refractivity contribution is -0.384. The molecule has 0 spiro atoms. The lowest BCUT2D eigenvalue weighted by Gasteiger charge is -2.36. The molecular formula is C18H19ClN2O6. The number of amides is 1. The zero-order chi connectivity index (χ0) is 19.6. The van der Waals surface area contributed by atoms with E-state index in [1.165, 1.54) is 12.1 Å². The van der Waals surface area contributed by atoms with E-state index in [1.807, 2.05) is 0 Å². The number of nitro groups is 1. The number of halogens is 1. The molecule has 0 aromatic heterocycles. The van der Waals surface area contributed by atoms with Gasteiger partial charge in [-0.05, 0) is 37.8 Å². The van der Waals surface area contributed by atoms with E-state index in [0.717, 1.165) is 25.3 Å². The summed E-state index contributed by atoms with van der Waals surface area (Å²) in [6.07, 6.45) is 3.61. The zero-order valence-electron chi connectivity index (χ0n) is 14.5. The molecule has 2 bridgehead atoms. The van der Waals surface area contributed by atoms with Crippen molar-refractivity contribution in [2.75, 3.05) is 11.9 Å². The summed E-state index contributed by atoms with van der Waals surface area (Å²) >= 11 is 5.72. The number of hydrogen-bond acceptors (Lipinski definition) is 6. The van der Waals surface area contributed by atoms with Gasteiger partial charge in [-0.2, -0.15) is 0 Å². The summed E-state index contributed by atoms with van der Waals surface area (Å²) < 4.78 is 5.10. The molecule has 9 heteroatoms. The number of hydrogen-bond donors (Lipinski definition) is 1. The number of nitrogens with one attached hydrogen (secondary N) is 1. The van der Waals surface area contributed by atoms with Gasteiger partial charge < -0.3 is 10.1 Å². The first-order valence-electron chi connectivity index (χ1n) is 8.79. The summed E-state index contributed by atoms with van der Waals surface area (Å²) in [6, 6.07) is 3.86. The molecule has 2 saturated carbocycles. The minimum atomic E-state index is -0.654. The molecule has 1 unspecified atom stereocenters. The first kappa shape index (κ1) is 19.3. The Morgan fingerprint density at radius 1 is 1.26 bits per heavy atom. The first-order chi connectivity index (χ1) is 12.8. The maximum Gasteiger partial charge on any atom is 0.309 e. The molecule has 3 rings (SSSR count). The number of rotatable bonds is 5. The Balaban J connectivity index is 1.52. The fourth-order valence-electron chi connectivity index (χ4n) is 3.85. The number of nitrogens with zero attached hydrogens (tertiary/aromatic N) is 1. The van der Waals surface area contributed by atoms with E-state index >= 15 is 0 Å². The van der Waals surface area contributed by atoms with Crippen molar-refractivity contribution in [3.05, 3.63) is 33.3 Å². The summed E-state index contributed by atoms with van der Waals surface area (Å²) in [5.74, 6) is -1.32. The molecular weight excluding hydrogens is 376 g/mol. The molecule has 2 fully saturated rings. The Hall–Kier alpha value is -2.48. The van der Waals surface area contributed by atoms with E-state index in [2.05, 4.69) is 5.32 Å². The number of fused-ring (bicyclic) bond motifs is 2. The zero-order valence-corrected chi connectivity index (χ0v) is 15.2. The van der Waals surface area contributed by atoms with Gasteiger partial charge in [-0.15, -0.1) is 0 Å². The minimum absolute atomic E-state index is 0.0400. The van der Waals surface area contributed by atoms with Crippen molar-refractivity contribution in [3.63, 3.8) is 0 Å². The normalized spacial score (nSPS) is 24.2. The molecule has 0 saturated heterocycles. The van der Waals surface area contributed by atoms with Gasteiger partial charge in [0.1, 0.15) is 10.8 Å². The third kappa shape index (κ3) is 4.44. The summed E-state index contributed by atoms with van der Waals surface area (Å²) in [5.41, 5.74) is -0.144. The Morgan fingerprint density at radius 2 is 1.93 bits per heavy atom. The van der Waals surface area contributed by atoms with Crippen LogP contribution >= 0.6 is 11.6 Å². The molecule has 27 heavy (non-hydrogen) atoms. The molecule has 3 atom stereocenters. The van der Waals surface area contributed by atoms with Gasteiger partial charge in [-0.3, -0.25) is 24.5 Å². The molecule has 8 nitrogen and oxygen atoms in total. The molecule has 1 N–H and O–H groups in total. The number of carbonyl (C=O) groups is 3. The van der Waals surface area contributed by atoms with Crippen molar-refractivity contribution in [2.24, 2.45) is 17.8 Å². The molecule has 144 valence electrons. The lowest BCUT2D eigenvalue weighted by atomic mass is 9.67. The maximum absolute atomic E-state index is 12.3. The number of anilines is 1. The number of ether oxygens (including phenoxy) is 1. The third-order valence-electron chi connectivity index (χ3n) is 5.15. The fourth-order valence-corrected chi connectivity index (χ4v) is 4.04. The van der Waals surface area contributed by atoms with Crippen molar-refractivity contribution in [1.82, 2.24) is 0 Å². The van der Waals surface area contributed by atoms with Gasteiger partial charge >= 0.3 is 5.97 Å². The first-order valence-corrected chi connectivity index (χ1v) is 9.17. The van der Waals surface area contributed by atoms with E-state index in [1.54, 1.807) is 0 Å². The third-order valence-corrected chi connectivity index (χ3v) is 5.47. The van der Waals surface area contributed by atoms with Gasteiger partial charge in [0, 0.05) is 23.6 Å². The number of esters is 1. The summed E-state index contributed by atoms with van der Waals surface area (Å²) in [7, 11) is 0. The molecule has 0 aliphatic heterocycles. The van der Waals surface area contributed by atoms with Crippen molar-refractivity contribution in [2.45, 2.75) is 32.1 Å². The van der Waals surface area contributed by atoms with E-state index in [0.29, 0.717) is 12.8 Å². The number of Topliss-reactive ketones (excluding diaryl/α,β-unsaturated/α-hetero) is 1. The molecule has 2 aliphatic carbocycles. The molecule has 0 radical (unpaired) electrons. The van der Waals surface area contributed by atoms with Gasteiger partial charge in [0.15, 0.2) is 6.61 Å². The number of nitro benzene ring substituents is 1. The van der Waals surface area contributed by atoms with Crippen LogP contribution in [0.3, 0.4) is 0 Å². The predicted octanol–water partition coefficient (Wildman–Crippen LogP) is 3.13. The molecule has 2 aliphatic rings. The van der Waals surface area contributed by atoms with Crippen LogP contribution in [0.15, 0.2) is 18.2 Å². The number of ketones is 1. The van der Waals surface area contributed by atoms with Crippen LogP contribution in [0.25, 0.3) is 0 Å². The van der Waals surface area contributed by atoms with Crippen molar-refractivity contribution < 1.29 is 24.0 Å². The van der Waals surface area contributed by atoms with Gasteiger partial charge in [0.05, 0.1) is 10.8 Å². The van der Waals surface area contributed by atoms with E-state index in [-0.39, 0.29) is 39.9 Å². The van der Waals surface area contributed by atoms with Gasteiger partial charge in [-0.25, -0.2) is 0 Å². The molecule has 1 aromatic carbocycles. The number of benzene rings is 1. The Morgan fingerprint density at radius 3 is 2.56 bits per heavy atom. The second-order valence-electron chi connectivity index (χ2n) is 6.97. The van der Waals surface area contributed by atoms with Crippen LogP contribution in [0.1, 0.15) is 32.1 Å². The summed E-state index contributed by atoms with van der Waals surface area (Å²) in [5, 5.41) is 13.3. The molecule has 0 heterocycles. The Bertz CT molecular complexity index is 780. The van der Waals surface area contributed by atoms with Crippen molar-refractivity contribution in [1.29, 1.82) is 0 Å². The van der Waals surface area contributed by atoms with Crippen molar-refractivity contribution in [3.8, 4) is 0 Å². The van der Waals surface area contributed by atoms with E-state index in [9.17, 15) is 24.5 Å². The maximum atomic E-state index is 12.3. The molecule has 1 aromatic rings. The van der Waals surface area contributed by atoms with Crippen molar-refractivity contribution >= 4 is 40.6 Å². The quantitative estimate of drug-likeness (QED) is 0.466. The average Bonchev–Trinajstić information content (AvgIpc) is 2.61. The fraction of sp³-hybridized carbons (Fsp3) is 0.500. The predicted molar refractivity (Wildman–Crippen MR) is 96.3 cm³/mol. The van der Waals surface area contributed by atoms with Crippen LogP contribution in [0.5, 0.6) is 0 Å². The highest BCUT2D eigenvalue weighted by Crippen LogP contribution is 2.40. The van der Waals surface area contributed by atoms with Gasteiger partial charge in [-0.1, -0.05) is 18.0 Å². The van der Waals surface area contributed by atoms with Crippen LogP contribution in [0.4, 0.5) is 11.4 Å². The van der Waals surface area contributed by atoms with Gasteiger partial charge in [0.25, 0.3) is 11.6 Å². The van der Waals surface area contributed by atoms with E-state index in [4.69, 9.17) is 16.3 Å². The van der Waals surface area contributed by atoms with Crippen LogP contribution in [0, 0.1) is 27.9 Å².